The summed E-state index contributed by atoms with van der Waals surface area (Å²) in [5.74, 6) is 3.78. The SMILES string of the molecule is CC(Sc1nnc(N2CCCC2)n1C1CC1)C(=O)NC12CC3CC(CC(C3)C1)C2. The van der Waals surface area contributed by atoms with Gasteiger partial charge in [0.25, 0.3) is 0 Å². The second-order valence-electron chi connectivity index (χ2n) is 10.5. The zero-order chi connectivity index (χ0) is 19.6. The Morgan fingerprint density at radius 2 is 1.69 bits per heavy atom. The van der Waals surface area contributed by atoms with Gasteiger partial charge in [0.05, 0.1) is 5.25 Å². The van der Waals surface area contributed by atoms with E-state index in [-0.39, 0.29) is 16.7 Å². The number of rotatable bonds is 6. The van der Waals surface area contributed by atoms with Gasteiger partial charge in [-0.05, 0) is 88.9 Å². The predicted octanol–water partition coefficient (Wildman–Crippen LogP) is 3.78. The average molecular weight is 416 g/mol. The first-order chi connectivity index (χ1) is 14.1. The number of anilines is 1. The van der Waals surface area contributed by atoms with Crippen LogP contribution in [0, 0.1) is 17.8 Å². The van der Waals surface area contributed by atoms with E-state index in [0.29, 0.717) is 6.04 Å². The molecule has 1 amide bonds. The minimum atomic E-state index is -0.129. The monoisotopic (exact) mass is 415 g/mol. The molecule has 1 N–H and O–H groups in total. The van der Waals surface area contributed by atoms with Gasteiger partial charge in [-0.1, -0.05) is 11.8 Å². The largest absolute Gasteiger partial charge is 0.350 e. The van der Waals surface area contributed by atoms with E-state index < -0.39 is 0 Å². The molecule has 1 saturated heterocycles. The van der Waals surface area contributed by atoms with Gasteiger partial charge in [0, 0.05) is 24.7 Å². The van der Waals surface area contributed by atoms with Crippen LogP contribution in [0.5, 0.6) is 0 Å². The highest BCUT2D eigenvalue weighted by molar-refractivity contribution is 8.00. The number of carbonyl (C=O) groups excluding carboxylic acids is 1. The first-order valence-electron chi connectivity index (χ1n) is 11.8. The van der Waals surface area contributed by atoms with Crippen molar-refractivity contribution in [3.05, 3.63) is 0 Å². The summed E-state index contributed by atoms with van der Waals surface area (Å²) in [5, 5.41) is 13.4. The molecule has 6 nitrogen and oxygen atoms in total. The summed E-state index contributed by atoms with van der Waals surface area (Å²) in [4.78, 5) is 15.6. The lowest BCUT2D eigenvalue weighted by molar-refractivity contribution is -0.126. The number of hydrogen-bond acceptors (Lipinski definition) is 5. The number of carbonyl (C=O) groups is 1. The van der Waals surface area contributed by atoms with E-state index in [1.165, 1.54) is 64.2 Å². The summed E-state index contributed by atoms with van der Waals surface area (Å²) in [6.45, 7) is 4.21. The number of aromatic nitrogens is 3. The van der Waals surface area contributed by atoms with Crippen molar-refractivity contribution in [2.24, 2.45) is 17.8 Å². The third-order valence-electron chi connectivity index (χ3n) is 8.03. The predicted molar refractivity (Wildman–Crippen MR) is 114 cm³/mol. The molecule has 1 atom stereocenters. The van der Waals surface area contributed by atoms with Crippen LogP contribution in [0.25, 0.3) is 0 Å². The van der Waals surface area contributed by atoms with Crippen LogP contribution in [0.4, 0.5) is 5.95 Å². The minimum Gasteiger partial charge on any atom is -0.350 e. The Hall–Kier alpha value is -1.24. The maximum absolute atomic E-state index is 13.2. The van der Waals surface area contributed by atoms with Gasteiger partial charge in [-0.2, -0.15) is 0 Å². The summed E-state index contributed by atoms with van der Waals surface area (Å²) in [6, 6.07) is 0.529. The second kappa shape index (κ2) is 6.89. The molecule has 0 spiro atoms. The summed E-state index contributed by atoms with van der Waals surface area (Å²) in [7, 11) is 0. The molecule has 2 heterocycles. The molecular weight excluding hydrogens is 382 g/mol. The van der Waals surface area contributed by atoms with Crippen molar-refractivity contribution < 1.29 is 4.79 Å². The Morgan fingerprint density at radius 3 is 2.28 bits per heavy atom. The van der Waals surface area contributed by atoms with E-state index in [4.69, 9.17) is 0 Å². The van der Waals surface area contributed by atoms with Gasteiger partial charge in [-0.3, -0.25) is 9.36 Å². The van der Waals surface area contributed by atoms with E-state index in [1.54, 1.807) is 11.8 Å². The van der Waals surface area contributed by atoms with Gasteiger partial charge in [0.2, 0.25) is 11.9 Å². The third kappa shape index (κ3) is 3.37. The first kappa shape index (κ1) is 18.5. The molecular formula is C22H33N5OS. The summed E-state index contributed by atoms with van der Waals surface area (Å²) in [6.07, 6.45) is 12.7. The Labute approximate surface area is 177 Å². The van der Waals surface area contributed by atoms with Crippen LogP contribution >= 0.6 is 11.8 Å². The molecule has 5 saturated carbocycles. The Kier molecular flexibility index (Phi) is 4.40. The molecule has 6 aliphatic rings. The number of hydrogen-bond donors (Lipinski definition) is 1. The van der Waals surface area contributed by atoms with Crippen molar-refractivity contribution in [1.82, 2.24) is 20.1 Å². The zero-order valence-electron chi connectivity index (χ0n) is 17.5. The molecule has 1 aromatic rings. The van der Waals surface area contributed by atoms with Crippen LogP contribution in [0.1, 0.15) is 77.2 Å². The highest BCUT2D eigenvalue weighted by Crippen LogP contribution is 2.55. The van der Waals surface area contributed by atoms with E-state index >= 15 is 0 Å². The highest BCUT2D eigenvalue weighted by atomic mass is 32.2. The fraction of sp³-hybridized carbons (Fsp3) is 0.864. The fourth-order valence-corrected chi connectivity index (χ4v) is 7.89. The molecule has 29 heavy (non-hydrogen) atoms. The van der Waals surface area contributed by atoms with Crippen molar-refractivity contribution >= 4 is 23.6 Å². The van der Waals surface area contributed by atoms with Gasteiger partial charge in [0.15, 0.2) is 5.16 Å². The molecule has 0 aromatic carbocycles. The summed E-state index contributed by atoms with van der Waals surface area (Å²) >= 11 is 1.61. The molecule has 1 aromatic heterocycles. The Morgan fingerprint density at radius 1 is 1.07 bits per heavy atom. The number of nitrogens with one attached hydrogen (secondary N) is 1. The molecule has 7 rings (SSSR count). The quantitative estimate of drug-likeness (QED) is 0.717. The van der Waals surface area contributed by atoms with Crippen molar-refractivity contribution in [1.29, 1.82) is 0 Å². The lowest BCUT2D eigenvalue weighted by Crippen LogP contribution is -2.60. The molecule has 4 bridgehead atoms. The topological polar surface area (TPSA) is 63.1 Å². The summed E-state index contributed by atoms with van der Waals surface area (Å²) in [5.41, 5.74) is 0.0888. The molecule has 1 aliphatic heterocycles. The number of nitrogens with zero attached hydrogens (tertiary/aromatic N) is 4. The maximum Gasteiger partial charge on any atom is 0.233 e. The van der Waals surface area contributed by atoms with E-state index in [9.17, 15) is 4.79 Å². The lowest BCUT2D eigenvalue weighted by Gasteiger charge is -2.57. The number of amides is 1. The first-order valence-corrected chi connectivity index (χ1v) is 12.6. The average Bonchev–Trinajstić information content (AvgIpc) is 3.19. The maximum atomic E-state index is 13.2. The highest BCUT2D eigenvalue weighted by Gasteiger charge is 2.51. The molecule has 5 aliphatic carbocycles. The van der Waals surface area contributed by atoms with Crippen molar-refractivity contribution in [3.8, 4) is 0 Å². The Bertz CT molecular complexity index is 762. The van der Waals surface area contributed by atoms with Crippen LogP contribution in [0.3, 0.4) is 0 Å². The molecule has 0 radical (unpaired) electrons. The van der Waals surface area contributed by atoms with Crippen molar-refractivity contribution in [2.45, 2.75) is 93.1 Å². The van der Waals surface area contributed by atoms with Crippen molar-refractivity contribution in [3.63, 3.8) is 0 Å². The lowest BCUT2D eigenvalue weighted by atomic mass is 9.53. The number of thioether (sulfide) groups is 1. The van der Waals surface area contributed by atoms with Gasteiger partial charge in [-0.15, -0.1) is 10.2 Å². The minimum absolute atomic E-state index is 0.0888. The Balaban J connectivity index is 1.16. The standard InChI is InChI=1S/C22H33N5OS/c1-14(19(28)23-22-11-15-8-16(12-22)10-17(9-15)13-22)29-21-25-24-20(26-6-2-3-7-26)27(21)18-4-5-18/h14-18H,2-13H2,1H3,(H,23,28). The van der Waals surface area contributed by atoms with Crippen molar-refractivity contribution in [2.75, 3.05) is 18.0 Å². The fourth-order valence-electron chi connectivity index (χ4n) is 6.97. The van der Waals surface area contributed by atoms with Gasteiger partial charge < -0.3 is 10.2 Å². The van der Waals surface area contributed by atoms with Crippen LogP contribution in [-0.2, 0) is 4.79 Å². The van der Waals surface area contributed by atoms with Crippen LogP contribution < -0.4 is 10.2 Å². The third-order valence-corrected chi connectivity index (χ3v) is 9.08. The van der Waals surface area contributed by atoms with Gasteiger partial charge in [0.1, 0.15) is 0 Å². The summed E-state index contributed by atoms with van der Waals surface area (Å²) < 4.78 is 2.32. The normalized spacial score (nSPS) is 36.6. The second-order valence-corrected chi connectivity index (χ2v) is 11.8. The molecule has 1 unspecified atom stereocenters. The smallest absolute Gasteiger partial charge is 0.233 e. The molecule has 7 heteroatoms. The van der Waals surface area contributed by atoms with Crippen LogP contribution in [0.2, 0.25) is 0 Å². The molecule has 158 valence electrons. The van der Waals surface area contributed by atoms with Crippen LogP contribution in [0.15, 0.2) is 5.16 Å². The molecule has 6 fully saturated rings. The van der Waals surface area contributed by atoms with Crippen LogP contribution in [-0.4, -0.2) is 44.6 Å². The van der Waals surface area contributed by atoms with Gasteiger partial charge in [-0.25, -0.2) is 0 Å². The van der Waals surface area contributed by atoms with E-state index in [1.807, 2.05) is 6.92 Å². The zero-order valence-corrected chi connectivity index (χ0v) is 18.3. The van der Waals surface area contributed by atoms with Gasteiger partial charge >= 0.3 is 0 Å². The van der Waals surface area contributed by atoms with E-state index in [0.717, 1.165) is 41.9 Å². The van der Waals surface area contributed by atoms with E-state index in [2.05, 4.69) is 25.0 Å².